The zero-order valence-electron chi connectivity index (χ0n) is 12.3. The molecule has 3 nitrogen and oxygen atoms in total. The number of anilines is 1. The van der Waals surface area contributed by atoms with Crippen LogP contribution >= 0.6 is 27.5 Å². The summed E-state index contributed by atoms with van der Waals surface area (Å²) >= 11 is 9.46. The molecule has 4 bridgehead atoms. The predicted octanol–water partition coefficient (Wildman–Crippen LogP) is 4.91. The lowest BCUT2D eigenvalue weighted by molar-refractivity contribution is -0.0603. The summed E-state index contributed by atoms with van der Waals surface area (Å²) in [4.78, 5) is 8.34. The van der Waals surface area contributed by atoms with Crippen molar-refractivity contribution in [2.24, 2.45) is 23.2 Å². The molecule has 5 rings (SSSR count). The van der Waals surface area contributed by atoms with Crippen molar-refractivity contribution < 1.29 is 0 Å². The van der Waals surface area contributed by atoms with E-state index in [1.807, 2.05) is 0 Å². The Hall–Kier alpha value is -0.350. The van der Waals surface area contributed by atoms with Crippen molar-refractivity contribution in [3.8, 4) is 0 Å². The van der Waals surface area contributed by atoms with E-state index in [0.29, 0.717) is 16.7 Å². The summed E-state index contributed by atoms with van der Waals surface area (Å²) in [6.45, 7) is 2.33. The molecule has 1 aromatic rings. The first-order valence-electron chi connectivity index (χ1n) is 7.99. The zero-order valence-corrected chi connectivity index (χ0v) is 14.6. The highest BCUT2D eigenvalue weighted by molar-refractivity contribution is 9.10. The smallest absolute Gasteiger partial charge is 0.224 e. The molecule has 1 heterocycles. The Kier molecular flexibility index (Phi) is 3.45. The third-order valence-electron chi connectivity index (χ3n) is 6.07. The van der Waals surface area contributed by atoms with Crippen molar-refractivity contribution >= 4 is 33.3 Å². The van der Waals surface area contributed by atoms with Gasteiger partial charge in [-0.1, -0.05) is 0 Å². The average molecular weight is 371 g/mol. The lowest BCUT2D eigenvalue weighted by atomic mass is 9.48. The Balaban J connectivity index is 1.57. The molecule has 21 heavy (non-hydrogen) atoms. The largest absolute Gasteiger partial charge is 0.366 e. The van der Waals surface area contributed by atoms with Crippen molar-refractivity contribution in [3.05, 3.63) is 16.0 Å². The van der Waals surface area contributed by atoms with Crippen LogP contribution < -0.4 is 5.32 Å². The molecule has 114 valence electrons. The van der Waals surface area contributed by atoms with E-state index < -0.39 is 0 Å². The van der Waals surface area contributed by atoms with Gasteiger partial charge in [-0.25, -0.2) is 4.98 Å². The number of nitrogens with zero attached hydrogens (tertiary/aromatic N) is 2. The second-order valence-electron chi connectivity index (χ2n) is 7.48. The van der Waals surface area contributed by atoms with Gasteiger partial charge in [0.05, 0.1) is 4.47 Å². The zero-order chi connectivity index (χ0) is 14.6. The van der Waals surface area contributed by atoms with Crippen LogP contribution in [0.2, 0.25) is 5.28 Å². The molecular weight excluding hydrogens is 350 g/mol. The highest BCUT2D eigenvalue weighted by Crippen LogP contribution is 2.61. The number of aromatic nitrogens is 2. The fourth-order valence-corrected chi connectivity index (χ4v) is 5.95. The molecule has 0 amide bonds. The molecule has 4 aliphatic carbocycles. The van der Waals surface area contributed by atoms with E-state index in [4.69, 9.17) is 11.6 Å². The van der Waals surface area contributed by atoms with E-state index in [9.17, 15) is 0 Å². The fourth-order valence-electron chi connectivity index (χ4n) is 5.51. The van der Waals surface area contributed by atoms with E-state index in [2.05, 4.69) is 38.1 Å². The van der Waals surface area contributed by atoms with Crippen molar-refractivity contribution in [2.45, 2.75) is 51.5 Å². The molecule has 1 atom stereocenters. The maximum atomic E-state index is 5.94. The molecule has 4 aliphatic rings. The molecule has 0 saturated heterocycles. The molecule has 5 heteroatoms. The van der Waals surface area contributed by atoms with Gasteiger partial charge in [-0.3, -0.25) is 0 Å². The van der Waals surface area contributed by atoms with Gasteiger partial charge in [0.25, 0.3) is 0 Å². The number of rotatable bonds is 3. The monoisotopic (exact) mass is 369 g/mol. The topological polar surface area (TPSA) is 37.8 Å². The fraction of sp³-hybridized carbons (Fsp3) is 0.750. The van der Waals surface area contributed by atoms with Crippen LogP contribution in [0.15, 0.2) is 10.7 Å². The van der Waals surface area contributed by atoms with E-state index in [1.54, 1.807) is 6.20 Å². The molecule has 1 unspecified atom stereocenters. The van der Waals surface area contributed by atoms with E-state index in [1.165, 1.54) is 38.5 Å². The Morgan fingerprint density at radius 3 is 2.38 bits per heavy atom. The Bertz CT molecular complexity index is 527. The molecule has 4 saturated carbocycles. The molecule has 0 aromatic carbocycles. The summed E-state index contributed by atoms with van der Waals surface area (Å²) in [5, 5.41) is 3.93. The van der Waals surface area contributed by atoms with Crippen LogP contribution in [0, 0.1) is 23.2 Å². The summed E-state index contributed by atoms with van der Waals surface area (Å²) in [5.74, 6) is 3.74. The van der Waals surface area contributed by atoms with Gasteiger partial charge in [-0.2, -0.15) is 4.98 Å². The number of hydrogen-bond acceptors (Lipinski definition) is 3. The Labute approximate surface area is 139 Å². The van der Waals surface area contributed by atoms with Gasteiger partial charge >= 0.3 is 0 Å². The van der Waals surface area contributed by atoms with Crippen LogP contribution in [0.25, 0.3) is 0 Å². The maximum Gasteiger partial charge on any atom is 0.224 e. The van der Waals surface area contributed by atoms with Gasteiger partial charge in [-0.15, -0.1) is 0 Å². The van der Waals surface area contributed by atoms with E-state index in [-0.39, 0.29) is 0 Å². The molecule has 1 N–H and O–H groups in total. The lowest BCUT2D eigenvalue weighted by Crippen LogP contribution is -2.53. The number of nitrogens with one attached hydrogen (secondary N) is 1. The minimum atomic E-state index is 0.304. The first-order valence-corrected chi connectivity index (χ1v) is 9.16. The van der Waals surface area contributed by atoms with Crippen LogP contribution in [0.5, 0.6) is 0 Å². The lowest BCUT2D eigenvalue weighted by Gasteiger charge is -2.59. The van der Waals surface area contributed by atoms with Gasteiger partial charge in [0, 0.05) is 12.2 Å². The van der Waals surface area contributed by atoms with Crippen LogP contribution in [0.3, 0.4) is 0 Å². The molecule has 1 aromatic heterocycles. The first kappa shape index (κ1) is 14.3. The molecule has 0 aliphatic heterocycles. The van der Waals surface area contributed by atoms with Crippen LogP contribution in [0.1, 0.15) is 45.4 Å². The average Bonchev–Trinajstić information content (AvgIpc) is 2.41. The van der Waals surface area contributed by atoms with E-state index in [0.717, 1.165) is 28.0 Å². The SMILES string of the molecule is CC(Nc1nc(Cl)ncc1Br)C12CC3CC(CC(C3)C1)C2. The minimum Gasteiger partial charge on any atom is -0.366 e. The Morgan fingerprint density at radius 2 is 1.81 bits per heavy atom. The normalized spacial score (nSPS) is 38.5. The number of halogens is 2. The molecule has 0 spiro atoms. The standard InChI is InChI=1S/C16H21BrClN3/c1-9(20-14-13(17)8-19-15(18)21-14)16-5-10-2-11(6-16)4-12(3-10)7-16/h8-12H,2-7H2,1H3,(H,19,20,21). The minimum absolute atomic E-state index is 0.304. The van der Waals surface area contributed by atoms with Gasteiger partial charge in [0.15, 0.2) is 0 Å². The van der Waals surface area contributed by atoms with Gasteiger partial charge in [-0.05, 0) is 96.1 Å². The quantitative estimate of drug-likeness (QED) is 0.768. The van der Waals surface area contributed by atoms with Crippen LogP contribution in [-0.2, 0) is 0 Å². The second-order valence-corrected chi connectivity index (χ2v) is 8.67. The van der Waals surface area contributed by atoms with Gasteiger partial charge in [0.2, 0.25) is 5.28 Å². The van der Waals surface area contributed by atoms with Gasteiger partial charge < -0.3 is 5.32 Å². The summed E-state index contributed by atoms with van der Waals surface area (Å²) in [6.07, 6.45) is 10.3. The van der Waals surface area contributed by atoms with Crippen molar-refractivity contribution in [3.63, 3.8) is 0 Å². The van der Waals surface area contributed by atoms with E-state index >= 15 is 0 Å². The van der Waals surface area contributed by atoms with Gasteiger partial charge in [0.1, 0.15) is 5.82 Å². The first-order chi connectivity index (χ1) is 10.0. The highest BCUT2D eigenvalue weighted by Gasteiger charge is 2.53. The predicted molar refractivity (Wildman–Crippen MR) is 88.4 cm³/mol. The summed E-state index contributed by atoms with van der Waals surface area (Å²) < 4.78 is 0.892. The van der Waals surface area contributed by atoms with Crippen molar-refractivity contribution in [1.82, 2.24) is 9.97 Å². The summed E-state index contributed by atoms with van der Waals surface area (Å²) in [6, 6.07) is 0.438. The summed E-state index contributed by atoms with van der Waals surface area (Å²) in [7, 11) is 0. The van der Waals surface area contributed by atoms with Crippen molar-refractivity contribution in [1.29, 1.82) is 0 Å². The summed E-state index contributed by atoms with van der Waals surface area (Å²) in [5.41, 5.74) is 0.464. The molecule has 4 fully saturated rings. The third kappa shape index (κ3) is 2.48. The number of hydrogen-bond donors (Lipinski definition) is 1. The third-order valence-corrected chi connectivity index (χ3v) is 6.83. The maximum absolute atomic E-state index is 5.94. The second kappa shape index (κ2) is 5.09. The van der Waals surface area contributed by atoms with Crippen LogP contribution in [0.4, 0.5) is 5.82 Å². The highest BCUT2D eigenvalue weighted by atomic mass is 79.9. The Morgan fingerprint density at radius 1 is 1.24 bits per heavy atom. The molecule has 0 radical (unpaired) electrons. The van der Waals surface area contributed by atoms with Crippen molar-refractivity contribution in [2.75, 3.05) is 5.32 Å². The van der Waals surface area contributed by atoms with Crippen LogP contribution in [-0.4, -0.2) is 16.0 Å². The molecular formula is C16H21BrClN3.